The van der Waals surface area contributed by atoms with E-state index in [0.29, 0.717) is 10.9 Å². The second-order valence-corrected chi connectivity index (χ2v) is 5.19. The fourth-order valence-electron chi connectivity index (χ4n) is 1.47. The molecular formula is C10H14N2S2. The highest BCUT2D eigenvalue weighted by atomic mass is 32.1. The molecule has 76 valence electrons. The van der Waals surface area contributed by atoms with E-state index in [1.165, 1.54) is 17.8 Å². The Balaban J connectivity index is 2.29. The van der Waals surface area contributed by atoms with Crippen molar-refractivity contribution < 1.29 is 0 Å². The summed E-state index contributed by atoms with van der Waals surface area (Å²) in [6.45, 7) is 2.15. The third kappa shape index (κ3) is 1.96. The minimum atomic E-state index is 0.512. The second kappa shape index (κ2) is 3.95. The number of aryl methyl sites for hydroxylation is 1. The molecule has 1 aromatic rings. The summed E-state index contributed by atoms with van der Waals surface area (Å²) in [5.74, 6) is 0.707. The maximum Gasteiger partial charge on any atom is 0.116 e. The highest BCUT2D eigenvalue weighted by Gasteiger charge is 2.28. The van der Waals surface area contributed by atoms with Gasteiger partial charge in [0, 0.05) is 5.92 Å². The zero-order chi connectivity index (χ0) is 10.1. The first-order chi connectivity index (χ1) is 6.72. The van der Waals surface area contributed by atoms with E-state index in [9.17, 15) is 0 Å². The highest BCUT2D eigenvalue weighted by molar-refractivity contribution is 7.81. The molecular weight excluding hydrogens is 212 g/mol. The Kier molecular flexibility index (Phi) is 2.83. The number of hydrogen-bond donors (Lipinski definition) is 1. The zero-order valence-corrected chi connectivity index (χ0v) is 9.88. The molecule has 1 aliphatic rings. The average molecular weight is 226 g/mol. The van der Waals surface area contributed by atoms with Gasteiger partial charge in [0.15, 0.2) is 0 Å². The lowest BCUT2D eigenvalue weighted by Crippen LogP contribution is -2.09. The summed E-state index contributed by atoms with van der Waals surface area (Å²) < 4.78 is 0. The molecule has 1 saturated carbocycles. The Labute approximate surface area is 93.5 Å². The molecule has 0 aliphatic heterocycles. The average Bonchev–Trinajstić information content (AvgIpc) is 2.89. The minimum absolute atomic E-state index is 0.512. The molecule has 0 spiro atoms. The van der Waals surface area contributed by atoms with Gasteiger partial charge in [-0.1, -0.05) is 25.6 Å². The smallest absolute Gasteiger partial charge is 0.116 e. The van der Waals surface area contributed by atoms with E-state index in [4.69, 9.17) is 18.0 Å². The maximum absolute atomic E-state index is 5.68. The van der Waals surface area contributed by atoms with Crippen LogP contribution in [0.2, 0.25) is 0 Å². The van der Waals surface area contributed by atoms with Gasteiger partial charge in [-0.15, -0.1) is 11.3 Å². The number of thiocarbonyl (C=S) groups is 1. The molecule has 0 saturated heterocycles. The van der Waals surface area contributed by atoms with Crippen LogP contribution in [0.25, 0.3) is 0 Å². The van der Waals surface area contributed by atoms with E-state index in [-0.39, 0.29) is 0 Å². The van der Waals surface area contributed by atoms with Gasteiger partial charge in [0.05, 0.1) is 15.6 Å². The number of nitrogens with two attached hydrogens (primary N) is 1. The Morgan fingerprint density at radius 3 is 2.86 bits per heavy atom. The van der Waals surface area contributed by atoms with Gasteiger partial charge in [0.25, 0.3) is 0 Å². The second-order valence-electron chi connectivity index (χ2n) is 3.72. The fourth-order valence-corrected chi connectivity index (χ4v) is 2.85. The van der Waals surface area contributed by atoms with Gasteiger partial charge in [-0.3, -0.25) is 0 Å². The summed E-state index contributed by atoms with van der Waals surface area (Å²) in [5.41, 5.74) is 6.80. The number of thiazole rings is 1. The molecule has 0 unspecified atom stereocenters. The Morgan fingerprint density at radius 2 is 2.36 bits per heavy atom. The Morgan fingerprint density at radius 1 is 1.64 bits per heavy atom. The fraction of sp³-hybridized carbons (Fsp3) is 0.600. The third-order valence-corrected chi connectivity index (χ3v) is 3.98. The molecule has 0 radical (unpaired) electrons. The first-order valence-corrected chi connectivity index (χ1v) is 6.24. The molecule has 14 heavy (non-hydrogen) atoms. The van der Waals surface area contributed by atoms with Crippen molar-refractivity contribution in [1.82, 2.24) is 4.98 Å². The number of nitrogens with zero attached hydrogens (tertiary/aromatic N) is 1. The van der Waals surface area contributed by atoms with Crippen molar-refractivity contribution in [2.45, 2.75) is 38.5 Å². The van der Waals surface area contributed by atoms with Gasteiger partial charge in [0.1, 0.15) is 4.99 Å². The monoisotopic (exact) mass is 226 g/mol. The largest absolute Gasteiger partial charge is 0.389 e. The molecule has 1 fully saturated rings. The molecule has 1 aromatic heterocycles. The van der Waals surface area contributed by atoms with Crippen molar-refractivity contribution in [2.75, 3.05) is 0 Å². The predicted molar refractivity (Wildman–Crippen MR) is 64.0 cm³/mol. The lowest BCUT2D eigenvalue weighted by Gasteiger charge is -1.96. The van der Waals surface area contributed by atoms with Gasteiger partial charge in [-0.25, -0.2) is 4.98 Å². The number of hydrogen-bond acceptors (Lipinski definition) is 3. The molecule has 0 atom stereocenters. The summed E-state index contributed by atoms with van der Waals surface area (Å²) in [6.07, 6.45) is 4.67. The highest BCUT2D eigenvalue weighted by Crippen LogP contribution is 2.42. The Bertz CT molecular complexity index is 353. The van der Waals surface area contributed by atoms with Gasteiger partial charge in [-0.05, 0) is 19.3 Å². The van der Waals surface area contributed by atoms with Crippen LogP contribution in [0.1, 0.15) is 47.7 Å². The lowest BCUT2D eigenvalue weighted by molar-refractivity contribution is 0.877. The van der Waals surface area contributed by atoms with Gasteiger partial charge in [0.2, 0.25) is 0 Å². The molecule has 1 heterocycles. The normalized spacial score (nSPS) is 15.8. The molecule has 2 rings (SSSR count). The maximum atomic E-state index is 5.68. The quantitative estimate of drug-likeness (QED) is 0.802. The van der Waals surface area contributed by atoms with Gasteiger partial charge < -0.3 is 5.73 Å². The van der Waals surface area contributed by atoms with Gasteiger partial charge >= 0.3 is 0 Å². The van der Waals surface area contributed by atoms with Gasteiger partial charge in [-0.2, -0.15) is 0 Å². The van der Waals surface area contributed by atoms with E-state index in [2.05, 4.69) is 11.9 Å². The van der Waals surface area contributed by atoms with Crippen molar-refractivity contribution >= 4 is 28.5 Å². The van der Waals surface area contributed by atoms with E-state index >= 15 is 0 Å². The van der Waals surface area contributed by atoms with Crippen molar-refractivity contribution in [3.05, 3.63) is 15.6 Å². The molecule has 1 aliphatic carbocycles. The topological polar surface area (TPSA) is 38.9 Å². The first kappa shape index (κ1) is 10.1. The minimum Gasteiger partial charge on any atom is -0.389 e. The van der Waals surface area contributed by atoms with Crippen LogP contribution in [0, 0.1) is 0 Å². The summed E-state index contributed by atoms with van der Waals surface area (Å²) in [5, 5.41) is 1.25. The van der Waals surface area contributed by atoms with Crippen LogP contribution in [0.4, 0.5) is 0 Å². The van der Waals surface area contributed by atoms with E-state index in [1.54, 1.807) is 11.3 Å². The van der Waals surface area contributed by atoms with Crippen LogP contribution >= 0.6 is 23.6 Å². The molecule has 2 nitrogen and oxygen atoms in total. The van der Waals surface area contributed by atoms with Crippen LogP contribution in [-0.2, 0) is 6.42 Å². The van der Waals surface area contributed by atoms with Crippen LogP contribution in [0.3, 0.4) is 0 Å². The van der Waals surface area contributed by atoms with Crippen LogP contribution in [-0.4, -0.2) is 9.97 Å². The van der Waals surface area contributed by atoms with Crippen molar-refractivity contribution in [2.24, 2.45) is 5.73 Å². The van der Waals surface area contributed by atoms with Crippen LogP contribution in [0.5, 0.6) is 0 Å². The number of aromatic nitrogens is 1. The van der Waals surface area contributed by atoms with E-state index < -0.39 is 0 Å². The number of rotatable bonds is 4. The molecule has 0 aromatic carbocycles. The first-order valence-electron chi connectivity index (χ1n) is 5.01. The van der Waals surface area contributed by atoms with Crippen molar-refractivity contribution in [3.8, 4) is 0 Å². The van der Waals surface area contributed by atoms with Crippen LogP contribution in [0.15, 0.2) is 0 Å². The summed E-state index contributed by atoms with van der Waals surface area (Å²) >= 11 is 6.73. The molecule has 0 amide bonds. The molecule has 0 bridgehead atoms. The van der Waals surface area contributed by atoms with E-state index in [0.717, 1.165) is 23.4 Å². The third-order valence-electron chi connectivity index (χ3n) is 2.35. The van der Waals surface area contributed by atoms with Crippen LogP contribution < -0.4 is 5.73 Å². The van der Waals surface area contributed by atoms with Crippen molar-refractivity contribution in [3.63, 3.8) is 0 Å². The predicted octanol–water partition coefficient (Wildman–Crippen LogP) is 2.61. The van der Waals surface area contributed by atoms with E-state index in [1.807, 2.05) is 0 Å². The molecule has 4 heteroatoms. The zero-order valence-electron chi connectivity index (χ0n) is 8.25. The van der Waals surface area contributed by atoms with Crippen molar-refractivity contribution in [1.29, 1.82) is 0 Å². The summed E-state index contributed by atoms with van der Waals surface area (Å²) in [6, 6.07) is 0. The summed E-state index contributed by atoms with van der Waals surface area (Å²) in [7, 11) is 0. The Hall–Kier alpha value is -0.480. The lowest BCUT2D eigenvalue weighted by atomic mass is 10.2. The standard InChI is InChI=1S/C10H14N2S2/c1-2-3-7-8(9(11)13)14-10(12-7)6-4-5-6/h6H,2-5H2,1H3,(H2,11,13). The SMILES string of the molecule is CCCc1nc(C2CC2)sc1C(N)=S. The molecule has 2 N–H and O–H groups in total. The summed E-state index contributed by atoms with van der Waals surface area (Å²) in [4.78, 5) is 6.19.